The van der Waals surface area contributed by atoms with Crippen LogP contribution in [0.15, 0.2) is 24.3 Å². The number of halogens is 4. The lowest BCUT2D eigenvalue weighted by molar-refractivity contribution is -0.140. The van der Waals surface area contributed by atoms with Crippen molar-refractivity contribution in [2.24, 2.45) is 11.8 Å². The van der Waals surface area contributed by atoms with Crippen LogP contribution in [0.1, 0.15) is 107 Å². The predicted molar refractivity (Wildman–Crippen MR) is 138 cm³/mol. The van der Waals surface area contributed by atoms with Crippen molar-refractivity contribution in [3.8, 4) is 11.5 Å². The van der Waals surface area contributed by atoms with Crippen LogP contribution in [0.5, 0.6) is 11.5 Å². The maximum Gasteiger partial charge on any atom is 0.314 e. The number of esters is 1. The molecule has 2 saturated carbocycles. The van der Waals surface area contributed by atoms with E-state index in [-0.39, 0.29) is 24.2 Å². The molecular weight excluding hydrogens is 496 g/mol. The summed E-state index contributed by atoms with van der Waals surface area (Å²) in [6.45, 7) is 4.50. The molecule has 0 radical (unpaired) electrons. The van der Waals surface area contributed by atoms with Crippen molar-refractivity contribution in [2.75, 3.05) is 6.61 Å². The third-order valence-electron chi connectivity index (χ3n) is 8.33. The van der Waals surface area contributed by atoms with E-state index < -0.39 is 40.9 Å². The van der Waals surface area contributed by atoms with Crippen LogP contribution in [0.2, 0.25) is 0 Å². The molecule has 38 heavy (non-hydrogen) atoms. The van der Waals surface area contributed by atoms with Gasteiger partial charge in [-0.3, -0.25) is 4.79 Å². The Morgan fingerprint density at radius 1 is 0.737 bits per heavy atom. The van der Waals surface area contributed by atoms with Crippen LogP contribution in [-0.2, 0) is 4.79 Å². The monoisotopic (exact) mass is 534 g/mol. The summed E-state index contributed by atoms with van der Waals surface area (Å²) in [7, 11) is 0. The maximum atomic E-state index is 15.1. The minimum atomic E-state index is -1.26. The fraction of sp³-hybridized carbons (Fsp3) is 0.581. The molecule has 0 spiro atoms. The molecule has 0 N–H and O–H groups in total. The summed E-state index contributed by atoms with van der Waals surface area (Å²) in [5.41, 5.74) is 0.826. The Morgan fingerprint density at radius 2 is 1.26 bits per heavy atom. The number of carbonyl (C=O) groups is 1. The molecule has 2 fully saturated rings. The summed E-state index contributed by atoms with van der Waals surface area (Å²) in [6, 6.07) is 5.91. The molecule has 7 heteroatoms. The predicted octanol–water partition coefficient (Wildman–Crippen LogP) is 8.99. The number of carbonyl (C=O) groups excluding carboxylic acids is 1. The first-order valence-corrected chi connectivity index (χ1v) is 14.1. The first kappa shape index (κ1) is 28.4. The molecule has 3 nitrogen and oxygen atoms in total. The number of unbranched alkanes of at least 4 members (excludes halogenated alkanes) is 2. The van der Waals surface area contributed by atoms with E-state index in [0.29, 0.717) is 42.7 Å². The molecule has 0 amide bonds. The average Bonchev–Trinajstić information content (AvgIpc) is 2.92. The SMILES string of the molecule is CCCCCOc1ccc(OC(=O)C2CCC(c3ccc(C4CCC(C)CC4)c(F)c3F)CC2)c(F)c1F. The fourth-order valence-corrected chi connectivity index (χ4v) is 5.85. The lowest BCUT2D eigenvalue weighted by Crippen LogP contribution is -2.26. The molecule has 2 aliphatic carbocycles. The van der Waals surface area contributed by atoms with E-state index in [2.05, 4.69) is 6.92 Å². The van der Waals surface area contributed by atoms with Gasteiger partial charge in [0.15, 0.2) is 23.1 Å². The van der Waals surface area contributed by atoms with Crippen LogP contribution in [0.4, 0.5) is 17.6 Å². The quantitative estimate of drug-likeness (QED) is 0.139. The number of rotatable bonds is 9. The number of benzene rings is 2. The van der Waals surface area contributed by atoms with Crippen molar-refractivity contribution in [2.45, 2.75) is 96.3 Å². The summed E-state index contributed by atoms with van der Waals surface area (Å²) in [6.07, 6.45) is 8.22. The molecule has 0 aromatic heterocycles. The molecule has 2 aromatic rings. The second kappa shape index (κ2) is 13.0. The van der Waals surface area contributed by atoms with Crippen LogP contribution in [-0.4, -0.2) is 12.6 Å². The van der Waals surface area contributed by atoms with Crippen LogP contribution in [0.25, 0.3) is 0 Å². The Kier molecular flexibility index (Phi) is 9.72. The lowest BCUT2D eigenvalue weighted by Gasteiger charge is -2.29. The summed E-state index contributed by atoms with van der Waals surface area (Å²) < 4.78 is 69.5. The molecule has 2 aliphatic rings. The molecule has 0 aliphatic heterocycles. The second-order valence-corrected chi connectivity index (χ2v) is 11.0. The summed E-state index contributed by atoms with van der Waals surface area (Å²) >= 11 is 0. The molecule has 0 atom stereocenters. The van der Waals surface area contributed by atoms with Gasteiger partial charge in [-0.2, -0.15) is 8.78 Å². The largest absolute Gasteiger partial charge is 0.490 e. The first-order chi connectivity index (χ1) is 18.3. The number of ether oxygens (including phenoxy) is 2. The lowest BCUT2D eigenvalue weighted by atomic mass is 9.76. The second-order valence-electron chi connectivity index (χ2n) is 11.0. The van der Waals surface area contributed by atoms with Crippen molar-refractivity contribution in [3.05, 3.63) is 58.7 Å². The molecule has 0 saturated heterocycles. The van der Waals surface area contributed by atoms with Gasteiger partial charge in [0.1, 0.15) is 0 Å². The Labute approximate surface area is 222 Å². The topological polar surface area (TPSA) is 35.5 Å². The van der Waals surface area contributed by atoms with E-state index in [9.17, 15) is 13.6 Å². The third-order valence-corrected chi connectivity index (χ3v) is 8.33. The Bertz CT molecular complexity index is 1100. The van der Waals surface area contributed by atoms with E-state index in [1.54, 1.807) is 12.1 Å². The smallest absolute Gasteiger partial charge is 0.314 e. The van der Waals surface area contributed by atoms with Crippen LogP contribution >= 0.6 is 0 Å². The molecule has 4 rings (SSSR count). The van der Waals surface area contributed by atoms with Gasteiger partial charge in [0.25, 0.3) is 0 Å². The van der Waals surface area contributed by atoms with E-state index in [1.165, 1.54) is 12.1 Å². The maximum absolute atomic E-state index is 15.1. The highest BCUT2D eigenvalue weighted by atomic mass is 19.2. The van der Waals surface area contributed by atoms with Gasteiger partial charge >= 0.3 is 5.97 Å². The molecule has 0 bridgehead atoms. The average molecular weight is 535 g/mol. The van der Waals surface area contributed by atoms with Gasteiger partial charge in [-0.25, -0.2) is 8.78 Å². The van der Waals surface area contributed by atoms with Crippen LogP contribution in [0, 0.1) is 35.1 Å². The van der Waals surface area contributed by atoms with Gasteiger partial charge < -0.3 is 9.47 Å². The molecule has 208 valence electrons. The van der Waals surface area contributed by atoms with Gasteiger partial charge in [0.2, 0.25) is 11.6 Å². The van der Waals surface area contributed by atoms with E-state index in [4.69, 9.17) is 9.47 Å². The van der Waals surface area contributed by atoms with Gasteiger partial charge in [0, 0.05) is 0 Å². The van der Waals surface area contributed by atoms with Crippen molar-refractivity contribution in [1.82, 2.24) is 0 Å². The Morgan fingerprint density at radius 3 is 1.84 bits per heavy atom. The van der Waals surface area contributed by atoms with Crippen molar-refractivity contribution in [1.29, 1.82) is 0 Å². The normalized spacial score (nSPS) is 23.7. The molecule has 0 unspecified atom stereocenters. The highest BCUT2D eigenvalue weighted by molar-refractivity contribution is 5.75. The summed E-state index contributed by atoms with van der Waals surface area (Å²) in [5, 5.41) is 0. The number of hydrogen-bond donors (Lipinski definition) is 0. The van der Waals surface area contributed by atoms with E-state index in [1.807, 2.05) is 6.92 Å². The van der Waals surface area contributed by atoms with Crippen molar-refractivity contribution >= 4 is 5.97 Å². The molecule has 2 aromatic carbocycles. The Balaban J connectivity index is 1.33. The minimum absolute atomic E-state index is 0.0622. The number of hydrogen-bond acceptors (Lipinski definition) is 3. The Hall–Kier alpha value is -2.57. The van der Waals surface area contributed by atoms with Crippen molar-refractivity contribution < 1.29 is 31.8 Å². The highest BCUT2D eigenvalue weighted by Gasteiger charge is 2.32. The highest BCUT2D eigenvalue weighted by Crippen LogP contribution is 2.41. The summed E-state index contributed by atoms with van der Waals surface area (Å²) in [4.78, 5) is 12.7. The van der Waals surface area contributed by atoms with Gasteiger partial charge in [0.05, 0.1) is 12.5 Å². The summed E-state index contributed by atoms with van der Waals surface area (Å²) in [5.74, 6) is -5.32. The zero-order chi connectivity index (χ0) is 27.2. The van der Waals surface area contributed by atoms with E-state index in [0.717, 1.165) is 44.9 Å². The zero-order valence-electron chi connectivity index (χ0n) is 22.3. The third kappa shape index (κ3) is 6.52. The molecular formula is C31H38F4O3. The van der Waals surface area contributed by atoms with Crippen molar-refractivity contribution in [3.63, 3.8) is 0 Å². The van der Waals surface area contributed by atoms with E-state index >= 15 is 8.78 Å². The van der Waals surface area contributed by atoms with Gasteiger partial charge in [-0.05, 0) is 86.0 Å². The van der Waals surface area contributed by atoms with Crippen LogP contribution < -0.4 is 9.47 Å². The minimum Gasteiger partial charge on any atom is -0.490 e. The standard InChI is InChI=1S/C31H38F4O3/c1-3-4-5-18-37-25-16-17-26(30(35)29(25)34)38-31(36)22-12-10-21(11-13-22)24-15-14-23(27(32)28(24)33)20-8-6-19(2)7-9-20/h14-17,19-22H,3-13,18H2,1-2H3. The zero-order valence-corrected chi connectivity index (χ0v) is 22.3. The van der Waals surface area contributed by atoms with Gasteiger partial charge in [-0.1, -0.05) is 51.7 Å². The fourth-order valence-electron chi connectivity index (χ4n) is 5.85. The molecule has 0 heterocycles. The first-order valence-electron chi connectivity index (χ1n) is 14.1. The van der Waals surface area contributed by atoms with Gasteiger partial charge in [-0.15, -0.1) is 0 Å². The van der Waals surface area contributed by atoms with Crippen LogP contribution in [0.3, 0.4) is 0 Å².